The standard InChI is InChI=1S/C24H30FN5O3/c1-5-24(2,3)26-23(32)22(17-10-12-18(25)13-11-17)29(14-15-33-4)21(31)16-30-20-9-7-6-8-19(20)27-28-30/h6-13,22H,5,14-16H2,1-4H3,(H,26,32). The molecule has 1 unspecified atom stereocenters. The van der Waals surface area contributed by atoms with Crippen LogP contribution in [0.5, 0.6) is 0 Å². The van der Waals surface area contributed by atoms with Gasteiger partial charge in [-0.2, -0.15) is 0 Å². The number of hydrogen-bond donors (Lipinski definition) is 1. The van der Waals surface area contributed by atoms with Gasteiger partial charge in [0, 0.05) is 19.2 Å². The number of fused-ring (bicyclic) bond motifs is 1. The van der Waals surface area contributed by atoms with Crippen LogP contribution in [-0.4, -0.2) is 57.5 Å². The van der Waals surface area contributed by atoms with E-state index in [1.54, 1.807) is 0 Å². The zero-order chi connectivity index (χ0) is 24.0. The maximum absolute atomic E-state index is 13.6. The number of carbonyl (C=O) groups is 2. The Morgan fingerprint density at radius 2 is 1.88 bits per heavy atom. The summed E-state index contributed by atoms with van der Waals surface area (Å²) in [5.41, 5.74) is 1.42. The SMILES string of the molecule is CCC(C)(C)NC(=O)C(c1ccc(F)cc1)N(CCOC)C(=O)Cn1nnc2ccccc21. The Labute approximate surface area is 192 Å². The number of aromatic nitrogens is 3. The van der Waals surface area contributed by atoms with Crippen molar-refractivity contribution in [2.24, 2.45) is 0 Å². The second-order valence-electron chi connectivity index (χ2n) is 8.50. The highest BCUT2D eigenvalue weighted by atomic mass is 19.1. The van der Waals surface area contributed by atoms with E-state index in [0.29, 0.717) is 23.0 Å². The molecule has 0 aliphatic heterocycles. The molecule has 1 heterocycles. The van der Waals surface area contributed by atoms with Gasteiger partial charge in [0.25, 0.3) is 0 Å². The van der Waals surface area contributed by atoms with Gasteiger partial charge in [-0.15, -0.1) is 5.10 Å². The Morgan fingerprint density at radius 3 is 2.55 bits per heavy atom. The first kappa shape index (κ1) is 24.3. The molecule has 0 saturated carbocycles. The number of methoxy groups -OCH3 is 1. The van der Waals surface area contributed by atoms with Crippen LogP contribution in [0.2, 0.25) is 0 Å². The molecule has 1 N–H and O–H groups in total. The van der Waals surface area contributed by atoms with E-state index < -0.39 is 17.4 Å². The van der Waals surface area contributed by atoms with Crippen molar-refractivity contribution in [3.63, 3.8) is 0 Å². The molecule has 8 nitrogen and oxygen atoms in total. The highest BCUT2D eigenvalue weighted by Crippen LogP contribution is 2.24. The minimum Gasteiger partial charge on any atom is -0.383 e. The number of carbonyl (C=O) groups excluding carboxylic acids is 2. The molecule has 0 aliphatic rings. The number of para-hydroxylation sites is 1. The van der Waals surface area contributed by atoms with Crippen LogP contribution >= 0.6 is 0 Å². The molecular weight excluding hydrogens is 425 g/mol. The molecule has 0 radical (unpaired) electrons. The van der Waals surface area contributed by atoms with Gasteiger partial charge in [-0.05, 0) is 50.1 Å². The average molecular weight is 456 g/mol. The number of amides is 2. The average Bonchev–Trinajstić information content (AvgIpc) is 3.20. The lowest BCUT2D eigenvalue weighted by molar-refractivity contribution is -0.142. The second-order valence-corrected chi connectivity index (χ2v) is 8.50. The van der Waals surface area contributed by atoms with Crippen LogP contribution in [0.4, 0.5) is 4.39 Å². The molecule has 0 fully saturated rings. The van der Waals surface area contributed by atoms with E-state index in [9.17, 15) is 14.0 Å². The largest absolute Gasteiger partial charge is 0.383 e. The summed E-state index contributed by atoms with van der Waals surface area (Å²) in [4.78, 5) is 28.4. The zero-order valence-corrected chi connectivity index (χ0v) is 19.4. The quantitative estimate of drug-likeness (QED) is 0.508. The topological polar surface area (TPSA) is 89.4 Å². The molecule has 3 rings (SSSR count). The van der Waals surface area contributed by atoms with Crippen LogP contribution in [0, 0.1) is 5.82 Å². The van der Waals surface area contributed by atoms with Gasteiger partial charge < -0.3 is 15.0 Å². The number of hydrogen-bond acceptors (Lipinski definition) is 5. The third kappa shape index (κ3) is 5.92. The first-order chi connectivity index (χ1) is 15.8. The Morgan fingerprint density at radius 1 is 1.18 bits per heavy atom. The summed E-state index contributed by atoms with van der Waals surface area (Å²) in [5, 5.41) is 11.2. The Balaban J connectivity index is 1.97. The third-order valence-corrected chi connectivity index (χ3v) is 5.65. The maximum Gasteiger partial charge on any atom is 0.247 e. The Kier molecular flexibility index (Phi) is 7.75. The van der Waals surface area contributed by atoms with Gasteiger partial charge in [0.2, 0.25) is 11.8 Å². The van der Waals surface area contributed by atoms with Crippen LogP contribution in [0.25, 0.3) is 11.0 Å². The van der Waals surface area contributed by atoms with Crippen molar-refractivity contribution in [3.05, 3.63) is 59.9 Å². The van der Waals surface area contributed by atoms with E-state index in [1.807, 2.05) is 45.0 Å². The van der Waals surface area contributed by atoms with Crippen molar-refractivity contribution >= 4 is 22.8 Å². The summed E-state index contributed by atoms with van der Waals surface area (Å²) in [6.45, 7) is 6.09. The molecule has 0 aliphatic carbocycles. The molecule has 0 saturated heterocycles. The lowest BCUT2D eigenvalue weighted by atomic mass is 9.98. The predicted molar refractivity (Wildman–Crippen MR) is 123 cm³/mol. The van der Waals surface area contributed by atoms with Crippen molar-refractivity contribution in [2.45, 2.75) is 45.3 Å². The summed E-state index contributed by atoms with van der Waals surface area (Å²) in [6, 6.07) is 12.0. The summed E-state index contributed by atoms with van der Waals surface area (Å²) in [7, 11) is 1.53. The van der Waals surface area contributed by atoms with Crippen LogP contribution in [-0.2, 0) is 20.9 Å². The molecule has 9 heteroatoms. The second kappa shape index (κ2) is 10.5. The number of benzene rings is 2. The minimum atomic E-state index is -0.964. The summed E-state index contributed by atoms with van der Waals surface area (Å²) in [6.07, 6.45) is 0.700. The molecule has 2 aromatic carbocycles. The van der Waals surface area contributed by atoms with Crippen LogP contribution in [0.15, 0.2) is 48.5 Å². The monoisotopic (exact) mass is 455 g/mol. The first-order valence-electron chi connectivity index (χ1n) is 10.9. The Hall–Kier alpha value is -3.33. The minimum absolute atomic E-state index is 0.105. The molecular formula is C24H30FN5O3. The van der Waals surface area contributed by atoms with Gasteiger partial charge in [0.15, 0.2) is 0 Å². The highest BCUT2D eigenvalue weighted by molar-refractivity contribution is 5.89. The van der Waals surface area contributed by atoms with Crippen LogP contribution < -0.4 is 5.32 Å². The molecule has 1 aromatic heterocycles. The molecule has 176 valence electrons. The van der Waals surface area contributed by atoms with E-state index in [-0.39, 0.29) is 31.5 Å². The van der Waals surface area contributed by atoms with Gasteiger partial charge in [0.05, 0.1) is 12.1 Å². The van der Waals surface area contributed by atoms with Crippen molar-refractivity contribution in [3.8, 4) is 0 Å². The van der Waals surface area contributed by atoms with Crippen molar-refractivity contribution in [1.29, 1.82) is 0 Å². The van der Waals surface area contributed by atoms with Gasteiger partial charge in [-0.3, -0.25) is 9.59 Å². The lowest BCUT2D eigenvalue weighted by Gasteiger charge is -2.34. The van der Waals surface area contributed by atoms with E-state index in [1.165, 1.54) is 41.0 Å². The first-order valence-corrected chi connectivity index (χ1v) is 10.9. The molecule has 0 bridgehead atoms. The van der Waals surface area contributed by atoms with E-state index >= 15 is 0 Å². The highest BCUT2D eigenvalue weighted by Gasteiger charge is 2.34. The van der Waals surface area contributed by atoms with Gasteiger partial charge in [0.1, 0.15) is 23.9 Å². The fourth-order valence-electron chi connectivity index (χ4n) is 3.45. The van der Waals surface area contributed by atoms with Gasteiger partial charge in [-0.1, -0.05) is 36.4 Å². The fourth-order valence-corrected chi connectivity index (χ4v) is 3.45. The van der Waals surface area contributed by atoms with Crippen molar-refractivity contribution < 1.29 is 18.7 Å². The van der Waals surface area contributed by atoms with Crippen molar-refractivity contribution in [1.82, 2.24) is 25.2 Å². The third-order valence-electron chi connectivity index (χ3n) is 5.65. The lowest BCUT2D eigenvalue weighted by Crippen LogP contribution is -2.51. The summed E-state index contributed by atoms with van der Waals surface area (Å²) >= 11 is 0. The summed E-state index contributed by atoms with van der Waals surface area (Å²) in [5.74, 6) is -1.10. The number of rotatable bonds is 10. The van der Waals surface area contributed by atoms with E-state index in [4.69, 9.17) is 4.74 Å². The molecule has 2 amide bonds. The van der Waals surface area contributed by atoms with Gasteiger partial charge >= 0.3 is 0 Å². The Bertz CT molecular complexity index is 1100. The zero-order valence-electron chi connectivity index (χ0n) is 19.4. The molecule has 1 atom stereocenters. The van der Waals surface area contributed by atoms with Crippen molar-refractivity contribution in [2.75, 3.05) is 20.3 Å². The van der Waals surface area contributed by atoms with E-state index in [0.717, 1.165) is 0 Å². The molecule has 3 aromatic rings. The molecule has 0 spiro atoms. The van der Waals surface area contributed by atoms with Gasteiger partial charge in [-0.25, -0.2) is 9.07 Å². The number of nitrogens with zero attached hydrogens (tertiary/aromatic N) is 4. The smallest absolute Gasteiger partial charge is 0.247 e. The normalized spacial score (nSPS) is 12.5. The summed E-state index contributed by atoms with van der Waals surface area (Å²) < 4.78 is 20.3. The number of ether oxygens (including phenoxy) is 1. The van der Waals surface area contributed by atoms with Crippen LogP contribution in [0.3, 0.4) is 0 Å². The number of nitrogens with one attached hydrogen (secondary N) is 1. The fraction of sp³-hybridized carbons (Fsp3) is 0.417. The van der Waals surface area contributed by atoms with E-state index in [2.05, 4.69) is 15.6 Å². The predicted octanol–water partition coefficient (Wildman–Crippen LogP) is 3.09. The molecule has 33 heavy (non-hydrogen) atoms. The van der Waals surface area contributed by atoms with Crippen LogP contribution in [0.1, 0.15) is 38.8 Å². The maximum atomic E-state index is 13.6. The number of halogens is 1.